The van der Waals surface area contributed by atoms with Gasteiger partial charge in [0.15, 0.2) is 5.17 Å². The number of rotatable bonds is 5. The van der Waals surface area contributed by atoms with Crippen molar-refractivity contribution in [1.29, 1.82) is 0 Å². The predicted octanol–water partition coefficient (Wildman–Crippen LogP) is 5.75. The second-order valence-electron chi connectivity index (χ2n) is 7.04. The molecule has 2 aromatic rings. The van der Waals surface area contributed by atoms with Crippen LogP contribution in [0.15, 0.2) is 80.7 Å². The summed E-state index contributed by atoms with van der Waals surface area (Å²) in [6.07, 6.45) is 4.25. The van der Waals surface area contributed by atoms with Crippen molar-refractivity contribution in [1.82, 2.24) is 4.90 Å². The van der Waals surface area contributed by atoms with Gasteiger partial charge in [-0.2, -0.15) is 0 Å². The van der Waals surface area contributed by atoms with Crippen molar-refractivity contribution in [3.05, 3.63) is 81.9 Å². The Morgan fingerprint density at radius 2 is 1.97 bits per heavy atom. The summed E-state index contributed by atoms with van der Waals surface area (Å²) in [6, 6.07) is 18.5. The molecule has 2 aromatic carbocycles. The zero-order valence-electron chi connectivity index (χ0n) is 17.3. The number of hydrogen-bond acceptors (Lipinski definition) is 6. The van der Waals surface area contributed by atoms with E-state index in [9.17, 15) is 4.79 Å². The van der Waals surface area contributed by atoms with Crippen LogP contribution in [0.5, 0.6) is 0 Å². The second kappa shape index (κ2) is 9.14. The van der Waals surface area contributed by atoms with Crippen LogP contribution in [0.4, 0.5) is 0 Å². The Kier molecular flexibility index (Phi) is 6.35. The molecule has 0 saturated carbocycles. The van der Waals surface area contributed by atoms with Crippen LogP contribution in [0.3, 0.4) is 0 Å². The maximum atomic E-state index is 12.9. The van der Waals surface area contributed by atoms with Gasteiger partial charge in [-0.05, 0) is 49.4 Å². The summed E-state index contributed by atoms with van der Waals surface area (Å²) < 4.78 is 5.40. The summed E-state index contributed by atoms with van der Waals surface area (Å²) >= 11 is 3.38. The topological polar surface area (TPSA) is 41.9 Å². The number of esters is 1. The molecule has 2 aliphatic heterocycles. The third kappa shape index (κ3) is 4.20. The Labute approximate surface area is 186 Å². The van der Waals surface area contributed by atoms with E-state index in [1.807, 2.05) is 32.0 Å². The highest BCUT2D eigenvalue weighted by Crippen LogP contribution is 2.44. The van der Waals surface area contributed by atoms with Crippen LogP contribution in [-0.2, 0) is 9.53 Å². The number of thioether (sulfide) groups is 2. The van der Waals surface area contributed by atoms with Crippen molar-refractivity contribution in [2.75, 3.05) is 19.4 Å². The lowest BCUT2D eigenvalue weighted by Crippen LogP contribution is -2.36. The summed E-state index contributed by atoms with van der Waals surface area (Å²) in [6.45, 7) is 4.79. The number of nitrogens with zero attached hydrogens (tertiary/aromatic N) is 2. The average Bonchev–Trinajstić information content (AvgIpc) is 3.15. The maximum absolute atomic E-state index is 12.9. The normalized spacial score (nSPS) is 19.7. The maximum Gasteiger partial charge on any atom is 0.338 e. The summed E-state index contributed by atoms with van der Waals surface area (Å²) in [5.41, 5.74) is 3.59. The first kappa shape index (κ1) is 20.8. The molecule has 30 heavy (non-hydrogen) atoms. The third-order valence-corrected chi connectivity index (χ3v) is 6.85. The molecular formula is C24H24N2O2S2. The highest BCUT2D eigenvalue weighted by molar-refractivity contribution is 8.17. The van der Waals surface area contributed by atoms with E-state index in [2.05, 4.69) is 53.6 Å². The summed E-state index contributed by atoms with van der Waals surface area (Å²) in [5.74, 6) is -0.290. The smallest absolute Gasteiger partial charge is 0.338 e. The Hall–Kier alpha value is -2.44. The Balaban J connectivity index is 1.73. The van der Waals surface area contributed by atoms with Crippen LogP contribution in [0.1, 0.15) is 31.0 Å². The van der Waals surface area contributed by atoms with Gasteiger partial charge in [-0.15, -0.1) is 11.8 Å². The van der Waals surface area contributed by atoms with Gasteiger partial charge in [-0.3, -0.25) is 0 Å². The molecule has 1 fully saturated rings. The molecule has 1 atom stereocenters. The minimum Gasteiger partial charge on any atom is -0.463 e. The van der Waals surface area contributed by atoms with Crippen LogP contribution in [0.25, 0.3) is 6.08 Å². The van der Waals surface area contributed by atoms with Gasteiger partial charge in [0.2, 0.25) is 0 Å². The van der Waals surface area contributed by atoms with Gasteiger partial charge in [-0.25, -0.2) is 9.79 Å². The lowest BCUT2D eigenvalue weighted by atomic mass is 9.94. The third-order valence-electron chi connectivity index (χ3n) is 5.09. The molecule has 0 radical (unpaired) electrons. The van der Waals surface area contributed by atoms with E-state index >= 15 is 0 Å². The number of carbonyl (C=O) groups is 1. The van der Waals surface area contributed by atoms with Crippen LogP contribution >= 0.6 is 23.5 Å². The van der Waals surface area contributed by atoms with Crippen molar-refractivity contribution in [2.45, 2.75) is 24.8 Å². The zero-order chi connectivity index (χ0) is 21.1. The summed E-state index contributed by atoms with van der Waals surface area (Å²) in [5, 5.41) is 0.932. The van der Waals surface area contributed by atoms with Gasteiger partial charge in [0.25, 0.3) is 0 Å². The molecule has 6 heteroatoms. The van der Waals surface area contributed by atoms with Crippen LogP contribution in [-0.4, -0.2) is 35.4 Å². The van der Waals surface area contributed by atoms with Crippen LogP contribution in [0, 0.1) is 0 Å². The number of carbonyl (C=O) groups excluding carboxylic acids is 1. The first-order valence-corrected chi connectivity index (χ1v) is 12.0. The van der Waals surface area contributed by atoms with Crippen molar-refractivity contribution in [3.63, 3.8) is 0 Å². The number of hydrogen-bond donors (Lipinski definition) is 0. The quantitative estimate of drug-likeness (QED) is 0.441. The average molecular weight is 437 g/mol. The van der Waals surface area contributed by atoms with E-state index in [-0.39, 0.29) is 12.0 Å². The van der Waals surface area contributed by atoms with Gasteiger partial charge < -0.3 is 9.64 Å². The van der Waals surface area contributed by atoms with Crippen LogP contribution in [0.2, 0.25) is 0 Å². The van der Waals surface area contributed by atoms with Gasteiger partial charge >= 0.3 is 5.97 Å². The molecule has 2 aliphatic rings. The SMILES string of the molecule is CCOC(=O)C1=C(C)N=C2SC(=Cc3ccccc3)CN2C1c1ccc(SC)cc1. The van der Waals surface area contributed by atoms with Crippen LogP contribution < -0.4 is 0 Å². The number of benzene rings is 2. The lowest BCUT2D eigenvalue weighted by Gasteiger charge is -2.34. The summed E-state index contributed by atoms with van der Waals surface area (Å²) in [7, 11) is 0. The molecule has 4 rings (SSSR count). The van der Waals surface area contributed by atoms with E-state index in [1.54, 1.807) is 23.5 Å². The second-order valence-corrected chi connectivity index (χ2v) is 9.01. The molecule has 2 heterocycles. The molecule has 0 bridgehead atoms. The molecule has 154 valence electrons. The van der Waals surface area contributed by atoms with Gasteiger partial charge in [-0.1, -0.05) is 54.2 Å². The highest BCUT2D eigenvalue weighted by Gasteiger charge is 2.40. The van der Waals surface area contributed by atoms with Crippen molar-refractivity contribution in [2.24, 2.45) is 4.99 Å². The number of allylic oxidation sites excluding steroid dienone is 1. The van der Waals surface area contributed by atoms with E-state index in [0.717, 1.165) is 22.0 Å². The Morgan fingerprint density at radius 3 is 2.63 bits per heavy atom. The van der Waals surface area contributed by atoms with E-state index in [0.29, 0.717) is 18.7 Å². The minimum atomic E-state index is -0.290. The fourth-order valence-corrected chi connectivity index (χ4v) is 5.21. The van der Waals surface area contributed by atoms with Crippen molar-refractivity contribution in [3.8, 4) is 0 Å². The lowest BCUT2D eigenvalue weighted by molar-refractivity contribution is -0.139. The molecule has 0 aliphatic carbocycles. The fraction of sp³-hybridized carbons (Fsp3) is 0.250. The first-order chi connectivity index (χ1) is 14.6. The Bertz CT molecular complexity index is 1030. The van der Waals surface area contributed by atoms with Gasteiger partial charge in [0.1, 0.15) is 0 Å². The minimum absolute atomic E-state index is 0.207. The Morgan fingerprint density at radius 1 is 1.23 bits per heavy atom. The molecule has 1 saturated heterocycles. The molecule has 1 unspecified atom stereocenters. The monoisotopic (exact) mass is 436 g/mol. The highest BCUT2D eigenvalue weighted by atomic mass is 32.2. The van der Waals surface area contributed by atoms with Gasteiger partial charge in [0, 0.05) is 9.80 Å². The zero-order valence-corrected chi connectivity index (χ0v) is 18.9. The number of ether oxygens (including phenoxy) is 1. The van der Waals surface area contributed by atoms with E-state index in [1.165, 1.54) is 9.80 Å². The first-order valence-electron chi connectivity index (χ1n) is 9.91. The predicted molar refractivity (Wildman–Crippen MR) is 126 cm³/mol. The summed E-state index contributed by atoms with van der Waals surface area (Å²) in [4.78, 5) is 22.3. The number of aliphatic imine (C=N–C) groups is 1. The number of amidine groups is 1. The molecule has 0 amide bonds. The molecule has 0 spiro atoms. The van der Waals surface area contributed by atoms with Crippen molar-refractivity contribution >= 4 is 40.7 Å². The standard InChI is InChI=1S/C24H24N2O2S2/c1-4-28-23(27)21-16(2)25-24-26(22(21)18-10-12-19(29-3)13-11-18)15-20(30-24)14-17-8-6-5-7-9-17/h5-14,22H,4,15H2,1-3H3. The molecule has 4 nitrogen and oxygen atoms in total. The molecule has 0 N–H and O–H groups in total. The van der Waals surface area contributed by atoms with Gasteiger partial charge in [0.05, 0.1) is 30.5 Å². The largest absolute Gasteiger partial charge is 0.463 e. The van der Waals surface area contributed by atoms with E-state index in [4.69, 9.17) is 9.73 Å². The van der Waals surface area contributed by atoms with E-state index < -0.39 is 0 Å². The molecular weight excluding hydrogens is 412 g/mol. The van der Waals surface area contributed by atoms with Crippen molar-refractivity contribution < 1.29 is 9.53 Å². The number of fused-ring (bicyclic) bond motifs is 1. The fourth-order valence-electron chi connectivity index (χ4n) is 3.70. The molecule has 0 aromatic heterocycles.